The van der Waals surface area contributed by atoms with Crippen LogP contribution in [0.1, 0.15) is 13.3 Å². The number of hydrogen-bond donors (Lipinski definition) is 0. The highest BCUT2D eigenvalue weighted by Crippen LogP contribution is 2.27. The first kappa shape index (κ1) is 12.4. The Morgan fingerprint density at radius 3 is 2.76 bits per heavy atom. The van der Waals surface area contributed by atoms with Gasteiger partial charge in [0, 0.05) is 5.02 Å². The van der Waals surface area contributed by atoms with Crippen LogP contribution in [0.2, 0.25) is 5.02 Å². The largest absolute Gasteiger partial charge is 0.223 e. The van der Waals surface area contributed by atoms with Gasteiger partial charge in [-0.25, -0.2) is 8.42 Å². The molecule has 0 radical (unpaired) electrons. The maximum Gasteiger partial charge on any atom is 0.185 e. The molecule has 0 bridgehead atoms. The Balaban J connectivity index is 2.44. The van der Waals surface area contributed by atoms with Crippen molar-refractivity contribution >= 4 is 21.4 Å². The Hall–Kier alpha value is -1.06. The van der Waals surface area contributed by atoms with Crippen LogP contribution in [0.15, 0.2) is 53.0 Å². The highest BCUT2D eigenvalue weighted by molar-refractivity contribution is 7.92. The summed E-state index contributed by atoms with van der Waals surface area (Å²) < 4.78 is 24.8. The number of halogens is 1. The van der Waals surface area contributed by atoms with E-state index in [-0.39, 0.29) is 4.90 Å². The molecule has 17 heavy (non-hydrogen) atoms. The lowest BCUT2D eigenvalue weighted by Gasteiger charge is -2.19. The zero-order valence-corrected chi connectivity index (χ0v) is 11.0. The molecule has 0 amide bonds. The second kappa shape index (κ2) is 4.67. The van der Waals surface area contributed by atoms with Crippen LogP contribution in [-0.2, 0) is 9.84 Å². The average molecular weight is 269 g/mol. The molecule has 1 unspecified atom stereocenters. The Bertz CT molecular complexity index is 585. The van der Waals surface area contributed by atoms with Crippen molar-refractivity contribution in [2.45, 2.75) is 23.5 Å². The van der Waals surface area contributed by atoms with Crippen LogP contribution < -0.4 is 0 Å². The van der Waals surface area contributed by atoms with E-state index < -0.39 is 15.1 Å². The number of allylic oxidation sites excluding steroid dienone is 3. The van der Waals surface area contributed by atoms with Crippen LogP contribution in [0, 0.1) is 0 Å². The van der Waals surface area contributed by atoms with Gasteiger partial charge in [-0.15, -0.1) is 0 Å². The molecule has 0 heterocycles. The fourth-order valence-corrected chi connectivity index (χ4v) is 3.97. The fraction of sp³-hybridized carbons (Fsp3) is 0.231. The zero-order chi connectivity index (χ0) is 12.5. The van der Waals surface area contributed by atoms with E-state index in [1.165, 1.54) is 6.07 Å². The molecule has 0 aromatic heterocycles. The van der Waals surface area contributed by atoms with Gasteiger partial charge < -0.3 is 0 Å². The van der Waals surface area contributed by atoms with Gasteiger partial charge in [0.25, 0.3) is 0 Å². The Kier molecular flexibility index (Phi) is 3.40. The molecule has 0 saturated carbocycles. The number of benzene rings is 1. The quantitative estimate of drug-likeness (QED) is 0.824. The average Bonchev–Trinajstić information content (AvgIpc) is 2.29. The van der Waals surface area contributed by atoms with Crippen molar-refractivity contribution in [3.8, 4) is 0 Å². The van der Waals surface area contributed by atoms with E-state index in [0.29, 0.717) is 11.4 Å². The van der Waals surface area contributed by atoms with E-state index >= 15 is 0 Å². The van der Waals surface area contributed by atoms with Crippen molar-refractivity contribution in [2.24, 2.45) is 0 Å². The zero-order valence-electron chi connectivity index (χ0n) is 9.43. The van der Waals surface area contributed by atoms with Crippen LogP contribution >= 0.6 is 11.6 Å². The van der Waals surface area contributed by atoms with Crippen LogP contribution in [0.3, 0.4) is 0 Å². The van der Waals surface area contributed by atoms with E-state index in [2.05, 4.69) is 0 Å². The van der Waals surface area contributed by atoms with E-state index in [1.807, 2.05) is 25.2 Å². The minimum Gasteiger partial charge on any atom is -0.223 e. The molecule has 1 aliphatic rings. The molecule has 0 N–H and O–H groups in total. The molecule has 1 atom stereocenters. The molecule has 1 aromatic rings. The first-order chi connectivity index (χ1) is 8.01. The predicted octanol–water partition coefficient (Wildman–Crippen LogP) is 3.39. The van der Waals surface area contributed by atoms with Crippen LogP contribution in [0.5, 0.6) is 0 Å². The lowest BCUT2D eigenvalue weighted by Crippen LogP contribution is -2.23. The van der Waals surface area contributed by atoms with Crippen LogP contribution in [0.25, 0.3) is 0 Å². The monoisotopic (exact) mass is 268 g/mol. The maximum atomic E-state index is 12.4. The molecule has 90 valence electrons. The Labute approximate surface area is 107 Å². The molecule has 4 heteroatoms. The van der Waals surface area contributed by atoms with Crippen LogP contribution in [0.4, 0.5) is 0 Å². The van der Waals surface area contributed by atoms with Gasteiger partial charge in [0.05, 0.1) is 10.1 Å². The molecule has 1 aromatic carbocycles. The summed E-state index contributed by atoms with van der Waals surface area (Å²) in [4.78, 5) is 0.290. The van der Waals surface area contributed by atoms with E-state index in [9.17, 15) is 8.42 Å². The van der Waals surface area contributed by atoms with Crippen molar-refractivity contribution in [1.29, 1.82) is 0 Å². The van der Waals surface area contributed by atoms with Gasteiger partial charge in [0.15, 0.2) is 9.84 Å². The molecule has 0 saturated heterocycles. The molecule has 0 spiro atoms. The minimum atomic E-state index is -3.34. The third kappa shape index (κ3) is 2.45. The van der Waals surface area contributed by atoms with Gasteiger partial charge in [0.2, 0.25) is 0 Å². The molecule has 0 aliphatic heterocycles. The van der Waals surface area contributed by atoms with Crippen molar-refractivity contribution in [3.63, 3.8) is 0 Å². The summed E-state index contributed by atoms with van der Waals surface area (Å²) in [5.74, 6) is 0. The van der Waals surface area contributed by atoms with Crippen molar-refractivity contribution < 1.29 is 8.42 Å². The van der Waals surface area contributed by atoms with E-state index in [1.54, 1.807) is 18.2 Å². The maximum absolute atomic E-state index is 12.4. The van der Waals surface area contributed by atoms with Crippen molar-refractivity contribution in [3.05, 3.63) is 53.1 Å². The summed E-state index contributed by atoms with van der Waals surface area (Å²) in [6.45, 7) is 1.84. The van der Waals surface area contributed by atoms with Gasteiger partial charge in [-0.05, 0) is 31.5 Å². The summed E-state index contributed by atoms with van der Waals surface area (Å²) in [5.41, 5.74) is 0.868. The molecule has 0 fully saturated rings. The number of rotatable bonds is 2. The molecule has 1 aliphatic carbocycles. The standard InChI is InChI=1S/C13H13ClO2S/c1-10-5-2-3-8-13(10)17(15,16)12-7-4-6-11(14)9-12/h2-7,9,13H,8H2,1H3. The molecule has 2 nitrogen and oxygen atoms in total. The number of hydrogen-bond acceptors (Lipinski definition) is 2. The van der Waals surface area contributed by atoms with E-state index in [4.69, 9.17) is 11.6 Å². The van der Waals surface area contributed by atoms with Gasteiger partial charge in [0.1, 0.15) is 0 Å². The highest BCUT2D eigenvalue weighted by Gasteiger charge is 2.28. The second-order valence-corrected chi connectivity index (χ2v) is 6.63. The molecule has 2 rings (SSSR count). The second-order valence-electron chi connectivity index (χ2n) is 4.07. The smallest absolute Gasteiger partial charge is 0.185 e. The van der Waals surface area contributed by atoms with Gasteiger partial charge >= 0.3 is 0 Å². The summed E-state index contributed by atoms with van der Waals surface area (Å²) >= 11 is 5.83. The van der Waals surface area contributed by atoms with Gasteiger partial charge in [-0.2, -0.15) is 0 Å². The topological polar surface area (TPSA) is 34.1 Å². The highest BCUT2D eigenvalue weighted by atomic mass is 35.5. The van der Waals surface area contributed by atoms with Gasteiger partial charge in [-0.1, -0.05) is 41.5 Å². The third-order valence-electron chi connectivity index (χ3n) is 2.85. The first-order valence-electron chi connectivity index (χ1n) is 5.34. The summed E-state index contributed by atoms with van der Waals surface area (Å²) in [6, 6.07) is 6.42. The van der Waals surface area contributed by atoms with Crippen LogP contribution in [-0.4, -0.2) is 13.7 Å². The summed E-state index contributed by atoms with van der Waals surface area (Å²) in [5, 5.41) is -0.0231. The Morgan fingerprint density at radius 2 is 2.12 bits per heavy atom. The normalized spacial score (nSPS) is 20.1. The Morgan fingerprint density at radius 1 is 1.35 bits per heavy atom. The van der Waals surface area contributed by atoms with Crippen molar-refractivity contribution in [1.82, 2.24) is 0 Å². The number of sulfone groups is 1. The SMILES string of the molecule is CC1=CC=CCC1S(=O)(=O)c1cccc(Cl)c1. The summed E-state index contributed by atoms with van der Waals surface area (Å²) in [7, 11) is -3.34. The van der Waals surface area contributed by atoms with E-state index in [0.717, 1.165) is 5.57 Å². The lowest BCUT2D eigenvalue weighted by molar-refractivity contribution is 0.585. The first-order valence-corrected chi connectivity index (χ1v) is 7.27. The molecular weight excluding hydrogens is 256 g/mol. The molecular formula is C13H13ClO2S. The summed E-state index contributed by atoms with van der Waals surface area (Å²) in [6.07, 6.45) is 6.13. The predicted molar refractivity (Wildman–Crippen MR) is 69.9 cm³/mol. The fourth-order valence-electron chi connectivity index (χ4n) is 1.89. The minimum absolute atomic E-state index is 0.290. The lowest BCUT2D eigenvalue weighted by atomic mass is 10.1. The third-order valence-corrected chi connectivity index (χ3v) is 5.31. The van der Waals surface area contributed by atoms with Crippen molar-refractivity contribution in [2.75, 3.05) is 0 Å². The van der Waals surface area contributed by atoms with Gasteiger partial charge in [-0.3, -0.25) is 0 Å².